The molecule has 0 aromatic carbocycles. The van der Waals surface area contributed by atoms with Crippen molar-refractivity contribution in [2.75, 3.05) is 5.32 Å². The van der Waals surface area contributed by atoms with Gasteiger partial charge in [0, 0.05) is 18.0 Å². The van der Waals surface area contributed by atoms with Gasteiger partial charge in [0.2, 0.25) is 11.9 Å². The molecule has 0 aliphatic heterocycles. The summed E-state index contributed by atoms with van der Waals surface area (Å²) in [6, 6.07) is 1.59. The molecule has 0 amide bonds. The molecule has 0 saturated carbocycles. The van der Waals surface area contributed by atoms with Crippen LogP contribution in [0.15, 0.2) is 37.3 Å². The predicted octanol–water partition coefficient (Wildman–Crippen LogP) is 4.00. The van der Waals surface area contributed by atoms with E-state index in [0.29, 0.717) is 28.0 Å². The fraction of sp³-hybridized carbons (Fsp3) is 0.235. The number of hydrogen-bond donors (Lipinski definition) is 1. The molecule has 1 unspecified atom stereocenters. The highest BCUT2D eigenvalue weighted by atomic mass is 19.4. The van der Waals surface area contributed by atoms with E-state index < -0.39 is 18.2 Å². The van der Waals surface area contributed by atoms with E-state index in [9.17, 15) is 17.6 Å². The van der Waals surface area contributed by atoms with E-state index in [4.69, 9.17) is 0 Å². The molecule has 0 saturated heterocycles. The highest BCUT2D eigenvalue weighted by Crippen LogP contribution is 2.26. The third-order valence-corrected chi connectivity index (χ3v) is 3.95. The molecule has 26 heavy (non-hydrogen) atoms. The van der Waals surface area contributed by atoms with Crippen molar-refractivity contribution in [1.29, 1.82) is 0 Å². The molecular formula is C17H15F4N5. The maximum absolute atomic E-state index is 13.7. The van der Waals surface area contributed by atoms with Gasteiger partial charge >= 0.3 is 6.18 Å². The molecule has 3 aromatic rings. The van der Waals surface area contributed by atoms with Gasteiger partial charge in [0.25, 0.3) is 0 Å². The Balaban J connectivity index is 1.88. The third kappa shape index (κ3) is 3.37. The lowest BCUT2D eigenvalue weighted by atomic mass is 10.0. The Hall–Kier alpha value is -2.97. The van der Waals surface area contributed by atoms with Crippen molar-refractivity contribution >= 4 is 17.2 Å². The van der Waals surface area contributed by atoms with Crippen molar-refractivity contribution in [2.45, 2.75) is 26.1 Å². The van der Waals surface area contributed by atoms with Crippen molar-refractivity contribution in [1.82, 2.24) is 19.4 Å². The molecule has 136 valence electrons. The van der Waals surface area contributed by atoms with Gasteiger partial charge in [-0.25, -0.2) is 15.0 Å². The van der Waals surface area contributed by atoms with Crippen LogP contribution in [0, 0.1) is 12.9 Å². The third-order valence-electron chi connectivity index (χ3n) is 3.95. The minimum absolute atomic E-state index is 0.125. The zero-order valence-corrected chi connectivity index (χ0v) is 14.0. The first-order chi connectivity index (χ1) is 12.2. The summed E-state index contributed by atoms with van der Waals surface area (Å²) in [7, 11) is 0. The van der Waals surface area contributed by atoms with E-state index in [-0.39, 0.29) is 5.95 Å². The van der Waals surface area contributed by atoms with Crippen LogP contribution in [-0.2, 0) is 0 Å². The summed E-state index contributed by atoms with van der Waals surface area (Å²) in [4.78, 5) is 11.9. The molecular weight excluding hydrogens is 350 g/mol. The van der Waals surface area contributed by atoms with Crippen molar-refractivity contribution in [3.05, 3.63) is 60.1 Å². The van der Waals surface area contributed by atoms with Crippen LogP contribution in [0.4, 0.5) is 23.5 Å². The second-order valence-corrected chi connectivity index (χ2v) is 5.81. The van der Waals surface area contributed by atoms with Crippen molar-refractivity contribution < 1.29 is 17.6 Å². The van der Waals surface area contributed by atoms with E-state index in [2.05, 4.69) is 26.8 Å². The Morgan fingerprint density at radius 3 is 2.62 bits per heavy atom. The predicted molar refractivity (Wildman–Crippen MR) is 89.2 cm³/mol. The van der Waals surface area contributed by atoms with Gasteiger partial charge in [0.1, 0.15) is 11.7 Å². The second-order valence-electron chi connectivity index (χ2n) is 5.81. The average Bonchev–Trinajstić information content (AvgIpc) is 2.94. The van der Waals surface area contributed by atoms with Crippen LogP contribution < -0.4 is 5.32 Å². The highest BCUT2D eigenvalue weighted by molar-refractivity contribution is 5.79. The van der Waals surface area contributed by atoms with Crippen LogP contribution in [0.5, 0.6) is 0 Å². The number of imidazole rings is 1. The molecule has 3 heterocycles. The molecule has 0 spiro atoms. The van der Waals surface area contributed by atoms with Crippen LogP contribution >= 0.6 is 0 Å². The number of aromatic nitrogens is 4. The highest BCUT2D eigenvalue weighted by Gasteiger charge is 2.36. The quantitative estimate of drug-likeness (QED) is 0.710. The number of aryl methyl sites for hydroxylation is 1. The second kappa shape index (κ2) is 6.40. The summed E-state index contributed by atoms with van der Waals surface area (Å²) in [6.07, 6.45) is -0.357. The zero-order valence-electron chi connectivity index (χ0n) is 14.0. The number of nitrogens with one attached hydrogen (secondary N) is 1. The standard InChI is InChI=1S/C17H15F4N5/c1-9(12-4-5-15-22-7-14(18)26(15)8-12)13-6-23-16(24-10(13)2)25-11(3)17(19,20)21/h4-8,11H,1H2,2-3H3,(H,23,24,25). The fourth-order valence-corrected chi connectivity index (χ4v) is 2.39. The number of fused-ring (bicyclic) bond motifs is 1. The van der Waals surface area contributed by atoms with Crippen molar-refractivity contribution in [3.8, 4) is 0 Å². The van der Waals surface area contributed by atoms with Gasteiger partial charge in [0.15, 0.2) is 0 Å². The summed E-state index contributed by atoms with van der Waals surface area (Å²) in [5.41, 5.74) is 2.59. The molecule has 1 atom stereocenters. The number of alkyl halides is 3. The van der Waals surface area contributed by atoms with Gasteiger partial charge in [-0.2, -0.15) is 17.6 Å². The lowest BCUT2D eigenvalue weighted by Gasteiger charge is -2.18. The first kappa shape index (κ1) is 17.8. The molecule has 0 aliphatic carbocycles. The molecule has 3 rings (SSSR count). The zero-order chi connectivity index (χ0) is 19.1. The van der Waals surface area contributed by atoms with Gasteiger partial charge in [-0.15, -0.1) is 0 Å². The molecule has 0 bridgehead atoms. The number of pyridine rings is 1. The summed E-state index contributed by atoms with van der Waals surface area (Å²) in [5.74, 6) is -0.636. The number of nitrogens with zero attached hydrogens (tertiary/aromatic N) is 4. The van der Waals surface area contributed by atoms with E-state index in [1.165, 1.54) is 16.8 Å². The van der Waals surface area contributed by atoms with E-state index in [0.717, 1.165) is 13.1 Å². The molecule has 0 radical (unpaired) electrons. The summed E-state index contributed by atoms with van der Waals surface area (Å²) < 4.78 is 52.8. The largest absolute Gasteiger partial charge is 0.408 e. The normalized spacial score (nSPS) is 13.0. The van der Waals surface area contributed by atoms with Gasteiger partial charge in [0.05, 0.1) is 11.9 Å². The van der Waals surface area contributed by atoms with Crippen LogP contribution in [0.25, 0.3) is 11.2 Å². The first-order valence-corrected chi connectivity index (χ1v) is 7.66. The maximum Gasteiger partial charge on any atom is 0.408 e. The molecule has 5 nitrogen and oxygen atoms in total. The van der Waals surface area contributed by atoms with E-state index >= 15 is 0 Å². The number of anilines is 1. The van der Waals surface area contributed by atoms with E-state index in [1.54, 1.807) is 19.1 Å². The van der Waals surface area contributed by atoms with Gasteiger partial charge in [-0.3, -0.25) is 4.40 Å². The SMILES string of the molecule is C=C(c1ccc2ncc(F)n2c1)c1cnc(NC(C)C(F)(F)F)nc1C. The topological polar surface area (TPSA) is 55.1 Å². The molecule has 0 fully saturated rings. The van der Waals surface area contributed by atoms with Crippen LogP contribution in [-0.4, -0.2) is 31.6 Å². The molecule has 1 N–H and O–H groups in total. The van der Waals surface area contributed by atoms with Crippen LogP contribution in [0.2, 0.25) is 0 Å². The van der Waals surface area contributed by atoms with Crippen molar-refractivity contribution in [3.63, 3.8) is 0 Å². The van der Waals surface area contributed by atoms with Crippen molar-refractivity contribution in [2.24, 2.45) is 0 Å². The minimum Gasteiger partial charge on any atom is -0.343 e. The molecule has 3 aromatic heterocycles. The first-order valence-electron chi connectivity index (χ1n) is 7.66. The molecule has 0 aliphatic rings. The minimum atomic E-state index is -4.40. The summed E-state index contributed by atoms with van der Waals surface area (Å²) in [5, 5.41) is 2.22. The van der Waals surface area contributed by atoms with Gasteiger partial charge in [-0.1, -0.05) is 6.58 Å². The number of halogens is 4. The summed E-state index contributed by atoms with van der Waals surface area (Å²) >= 11 is 0. The Morgan fingerprint density at radius 2 is 1.96 bits per heavy atom. The van der Waals surface area contributed by atoms with Gasteiger partial charge < -0.3 is 5.32 Å². The van der Waals surface area contributed by atoms with Crippen LogP contribution in [0.3, 0.4) is 0 Å². The average molecular weight is 365 g/mol. The maximum atomic E-state index is 13.7. The Bertz CT molecular complexity index is 977. The number of rotatable bonds is 4. The Kier molecular flexibility index (Phi) is 4.39. The fourth-order valence-electron chi connectivity index (χ4n) is 2.39. The van der Waals surface area contributed by atoms with E-state index in [1.807, 2.05) is 0 Å². The van der Waals surface area contributed by atoms with Gasteiger partial charge in [-0.05, 0) is 37.1 Å². The monoisotopic (exact) mass is 365 g/mol. The van der Waals surface area contributed by atoms with Crippen LogP contribution in [0.1, 0.15) is 23.7 Å². The molecule has 9 heteroatoms. The summed E-state index contributed by atoms with van der Waals surface area (Å²) in [6.45, 7) is 6.60. The Morgan fingerprint density at radius 1 is 1.23 bits per heavy atom. The smallest absolute Gasteiger partial charge is 0.343 e. The lowest BCUT2D eigenvalue weighted by Crippen LogP contribution is -2.33. The number of hydrogen-bond acceptors (Lipinski definition) is 4. The Labute approximate surface area is 146 Å². The lowest BCUT2D eigenvalue weighted by molar-refractivity contribution is -0.138.